The van der Waals surface area contributed by atoms with Crippen LogP contribution < -0.4 is 15.2 Å². The summed E-state index contributed by atoms with van der Waals surface area (Å²) >= 11 is 0. The molecule has 0 spiro atoms. The SMILES string of the molecule is CCOc1cc(N)cc(-c2nnc(OC)o2)c1. The van der Waals surface area contributed by atoms with Crippen LogP contribution in [0.3, 0.4) is 0 Å². The van der Waals surface area contributed by atoms with Crippen molar-refractivity contribution in [1.29, 1.82) is 0 Å². The van der Waals surface area contributed by atoms with E-state index < -0.39 is 0 Å². The standard InChI is InChI=1S/C11H13N3O3/c1-3-16-9-5-7(4-8(12)6-9)10-13-14-11(15-2)17-10/h4-6H,3,12H2,1-2H3. The Balaban J connectivity index is 2.37. The van der Waals surface area contributed by atoms with Crippen molar-refractivity contribution in [3.8, 4) is 23.3 Å². The zero-order chi connectivity index (χ0) is 12.3. The predicted octanol–water partition coefficient (Wildman–Crippen LogP) is 1.73. The molecule has 0 radical (unpaired) electrons. The summed E-state index contributed by atoms with van der Waals surface area (Å²) in [7, 11) is 1.46. The Morgan fingerprint density at radius 2 is 2.12 bits per heavy atom. The Bertz CT molecular complexity index is 510. The minimum atomic E-state index is 0.111. The molecule has 0 saturated carbocycles. The summed E-state index contributed by atoms with van der Waals surface area (Å²) in [5, 5.41) is 7.54. The number of nitrogens with two attached hydrogens (primary N) is 1. The van der Waals surface area contributed by atoms with Crippen molar-refractivity contribution in [2.24, 2.45) is 0 Å². The molecular formula is C11H13N3O3. The second-order valence-electron chi connectivity index (χ2n) is 3.30. The first-order chi connectivity index (χ1) is 8.22. The van der Waals surface area contributed by atoms with Crippen molar-refractivity contribution >= 4 is 5.69 Å². The highest BCUT2D eigenvalue weighted by atomic mass is 16.6. The van der Waals surface area contributed by atoms with Gasteiger partial charge in [-0.1, -0.05) is 5.10 Å². The Kier molecular flexibility index (Phi) is 3.13. The number of hydrogen-bond acceptors (Lipinski definition) is 6. The molecule has 0 saturated heterocycles. The molecule has 0 unspecified atom stereocenters. The summed E-state index contributed by atoms with van der Waals surface area (Å²) < 4.78 is 15.5. The van der Waals surface area contributed by atoms with E-state index in [1.807, 2.05) is 6.92 Å². The lowest BCUT2D eigenvalue weighted by Crippen LogP contribution is -1.94. The van der Waals surface area contributed by atoms with Crippen LogP contribution in [-0.4, -0.2) is 23.9 Å². The van der Waals surface area contributed by atoms with Gasteiger partial charge in [0.15, 0.2) is 0 Å². The van der Waals surface area contributed by atoms with E-state index in [9.17, 15) is 0 Å². The fourth-order valence-corrected chi connectivity index (χ4v) is 1.40. The molecule has 90 valence electrons. The molecule has 0 aliphatic rings. The van der Waals surface area contributed by atoms with Gasteiger partial charge in [0, 0.05) is 17.3 Å². The summed E-state index contributed by atoms with van der Waals surface area (Å²) in [5.41, 5.74) is 7.04. The van der Waals surface area contributed by atoms with Crippen molar-refractivity contribution in [3.05, 3.63) is 18.2 Å². The van der Waals surface area contributed by atoms with Crippen LogP contribution in [0.4, 0.5) is 5.69 Å². The molecule has 0 aliphatic heterocycles. The van der Waals surface area contributed by atoms with Crippen molar-refractivity contribution in [3.63, 3.8) is 0 Å². The van der Waals surface area contributed by atoms with E-state index in [0.717, 1.165) is 0 Å². The number of rotatable bonds is 4. The normalized spacial score (nSPS) is 10.2. The van der Waals surface area contributed by atoms with Crippen LogP contribution in [0, 0.1) is 0 Å². The van der Waals surface area contributed by atoms with E-state index in [-0.39, 0.29) is 6.08 Å². The van der Waals surface area contributed by atoms with Crippen LogP contribution in [0.25, 0.3) is 11.5 Å². The average Bonchev–Trinajstić information content (AvgIpc) is 2.77. The quantitative estimate of drug-likeness (QED) is 0.812. The van der Waals surface area contributed by atoms with Gasteiger partial charge in [0.1, 0.15) is 5.75 Å². The van der Waals surface area contributed by atoms with Crippen LogP contribution in [0.2, 0.25) is 0 Å². The number of hydrogen-bond donors (Lipinski definition) is 1. The van der Waals surface area contributed by atoms with E-state index in [2.05, 4.69) is 10.2 Å². The zero-order valence-electron chi connectivity index (χ0n) is 9.64. The van der Waals surface area contributed by atoms with Crippen LogP contribution in [0.15, 0.2) is 22.6 Å². The Morgan fingerprint density at radius 3 is 2.76 bits per heavy atom. The van der Waals surface area contributed by atoms with Crippen molar-refractivity contribution in [2.75, 3.05) is 19.5 Å². The van der Waals surface area contributed by atoms with Gasteiger partial charge in [-0.3, -0.25) is 0 Å². The summed E-state index contributed by atoms with van der Waals surface area (Å²) in [5.74, 6) is 1.01. The van der Waals surface area contributed by atoms with Crippen LogP contribution in [0.1, 0.15) is 6.92 Å². The number of benzene rings is 1. The molecule has 1 aromatic carbocycles. The van der Waals surface area contributed by atoms with Crippen molar-refractivity contribution < 1.29 is 13.9 Å². The highest BCUT2D eigenvalue weighted by Crippen LogP contribution is 2.27. The largest absolute Gasteiger partial charge is 0.494 e. The van der Waals surface area contributed by atoms with E-state index in [1.54, 1.807) is 18.2 Å². The van der Waals surface area contributed by atoms with Gasteiger partial charge in [0.2, 0.25) is 0 Å². The summed E-state index contributed by atoms with van der Waals surface area (Å²) in [6, 6.07) is 5.25. The molecule has 2 N–H and O–H groups in total. The van der Waals surface area contributed by atoms with Gasteiger partial charge in [0.25, 0.3) is 5.89 Å². The number of aromatic nitrogens is 2. The lowest BCUT2D eigenvalue weighted by molar-refractivity contribution is 0.293. The van der Waals surface area contributed by atoms with E-state index >= 15 is 0 Å². The molecule has 0 amide bonds. The molecule has 6 nitrogen and oxygen atoms in total. The maximum atomic E-state index is 5.77. The lowest BCUT2D eigenvalue weighted by atomic mass is 10.2. The third-order valence-corrected chi connectivity index (χ3v) is 2.07. The Morgan fingerprint density at radius 1 is 1.29 bits per heavy atom. The molecule has 1 heterocycles. The fraction of sp³-hybridized carbons (Fsp3) is 0.273. The molecule has 0 bridgehead atoms. The van der Waals surface area contributed by atoms with Crippen LogP contribution >= 0.6 is 0 Å². The smallest absolute Gasteiger partial charge is 0.414 e. The monoisotopic (exact) mass is 235 g/mol. The van der Waals surface area contributed by atoms with Gasteiger partial charge in [-0.15, -0.1) is 5.10 Å². The van der Waals surface area contributed by atoms with Gasteiger partial charge in [-0.25, -0.2) is 0 Å². The van der Waals surface area contributed by atoms with Gasteiger partial charge >= 0.3 is 6.08 Å². The van der Waals surface area contributed by atoms with Crippen molar-refractivity contribution in [1.82, 2.24) is 10.2 Å². The first-order valence-electron chi connectivity index (χ1n) is 5.14. The number of ether oxygens (including phenoxy) is 2. The first-order valence-corrected chi connectivity index (χ1v) is 5.14. The molecule has 2 rings (SSSR count). The Labute approximate surface area is 98.4 Å². The highest BCUT2D eigenvalue weighted by Gasteiger charge is 2.10. The maximum Gasteiger partial charge on any atom is 0.414 e. The Hall–Kier alpha value is -2.24. The molecule has 6 heteroatoms. The van der Waals surface area contributed by atoms with E-state index in [4.69, 9.17) is 19.6 Å². The third-order valence-electron chi connectivity index (χ3n) is 2.07. The average molecular weight is 235 g/mol. The van der Waals surface area contributed by atoms with Crippen LogP contribution in [0.5, 0.6) is 11.8 Å². The van der Waals surface area contributed by atoms with Gasteiger partial charge in [0.05, 0.1) is 13.7 Å². The molecule has 1 aromatic heterocycles. The van der Waals surface area contributed by atoms with Crippen LogP contribution in [-0.2, 0) is 0 Å². The maximum absolute atomic E-state index is 5.77. The molecule has 0 atom stereocenters. The molecular weight excluding hydrogens is 222 g/mol. The zero-order valence-corrected chi connectivity index (χ0v) is 9.64. The van der Waals surface area contributed by atoms with E-state index in [0.29, 0.717) is 29.5 Å². The molecule has 0 aliphatic carbocycles. The van der Waals surface area contributed by atoms with Gasteiger partial charge in [-0.2, -0.15) is 0 Å². The summed E-state index contributed by atoms with van der Waals surface area (Å²) in [6.07, 6.45) is 0.111. The minimum Gasteiger partial charge on any atom is -0.494 e. The summed E-state index contributed by atoms with van der Waals surface area (Å²) in [6.45, 7) is 2.47. The highest BCUT2D eigenvalue weighted by molar-refractivity contribution is 5.63. The predicted molar refractivity (Wildman–Crippen MR) is 61.9 cm³/mol. The van der Waals surface area contributed by atoms with E-state index in [1.165, 1.54) is 7.11 Å². The van der Waals surface area contributed by atoms with Gasteiger partial charge in [-0.05, 0) is 19.1 Å². The first kappa shape index (κ1) is 11.3. The fourth-order valence-electron chi connectivity index (χ4n) is 1.40. The number of methoxy groups -OCH3 is 1. The summed E-state index contributed by atoms with van der Waals surface area (Å²) in [4.78, 5) is 0. The molecule has 2 aromatic rings. The topological polar surface area (TPSA) is 83.4 Å². The number of anilines is 1. The van der Waals surface area contributed by atoms with Gasteiger partial charge < -0.3 is 19.6 Å². The number of nitrogens with zero attached hydrogens (tertiary/aromatic N) is 2. The lowest BCUT2D eigenvalue weighted by Gasteiger charge is -2.05. The van der Waals surface area contributed by atoms with Crippen molar-refractivity contribution in [2.45, 2.75) is 6.92 Å². The second-order valence-corrected chi connectivity index (χ2v) is 3.30. The second kappa shape index (κ2) is 4.73. The third kappa shape index (κ3) is 2.47. The molecule has 0 fully saturated rings. The number of nitrogen functional groups attached to an aromatic ring is 1. The molecule has 17 heavy (non-hydrogen) atoms. The minimum absolute atomic E-state index is 0.111.